The van der Waals surface area contributed by atoms with Crippen LogP contribution in [0.1, 0.15) is 35.0 Å². The Morgan fingerprint density at radius 2 is 2.14 bits per heavy atom. The van der Waals surface area contributed by atoms with Gasteiger partial charge in [-0.05, 0) is 36.8 Å². The highest BCUT2D eigenvalue weighted by atomic mass is 35.5. The van der Waals surface area contributed by atoms with Crippen molar-refractivity contribution in [1.29, 1.82) is 0 Å². The minimum absolute atomic E-state index is 0. The fourth-order valence-corrected chi connectivity index (χ4v) is 3.85. The van der Waals surface area contributed by atoms with Gasteiger partial charge in [-0.3, -0.25) is 9.69 Å². The summed E-state index contributed by atoms with van der Waals surface area (Å²) in [5, 5.41) is 5.56. The van der Waals surface area contributed by atoms with E-state index in [1.807, 2.05) is 6.07 Å². The van der Waals surface area contributed by atoms with E-state index in [1.54, 1.807) is 18.3 Å². The molecular weight excluding hydrogens is 343 g/mol. The molecule has 2 saturated heterocycles. The van der Waals surface area contributed by atoms with Gasteiger partial charge in [-0.1, -0.05) is 0 Å². The predicted octanol–water partition coefficient (Wildman–Crippen LogP) is 2.75. The summed E-state index contributed by atoms with van der Waals surface area (Å²) in [6, 6.07) is 2.04. The lowest BCUT2D eigenvalue weighted by molar-refractivity contribution is -0.100. The van der Waals surface area contributed by atoms with Crippen molar-refractivity contribution in [1.82, 2.24) is 10.2 Å². The summed E-state index contributed by atoms with van der Waals surface area (Å²) in [5.41, 5.74) is 1.34. The lowest BCUT2D eigenvalue weighted by Crippen LogP contribution is -2.55. The highest BCUT2D eigenvalue weighted by molar-refractivity contribution is 7.12. The maximum absolute atomic E-state index is 11.3. The number of ketones is 1. The molecule has 4 nitrogen and oxygen atoms in total. The zero-order chi connectivity index (χ0) is 14.0. The summed E-state index contributed by atoms with van der Waals surface area (Å²) < 4.78 is 6.01. The smallest absolute Gasteiger partial charge is 0.169 e. The Balaban J connectivity index is 0.00000121. The number of thiophene rings is 1. The molecule has 0 aromatic carbocycles. The SMILES string of the molecule is CC(=O)c1cc(CN2CCC3(CC2)CNCCO3)cs1.Cl.Cl. The Kier molecular flexibility index (Phi) is 7.79. The van der Waals surface area contributed by atoms with Gasteiger partial charge in [0.1, 0.15) is 0 Å². The normalized spacial score (nSPS) is 21.0. The van der Waals surface area contributed by atoms with Crippen LogP contribution in [0, 0.1) is 0 Å². The summed E-state index contributed by atoms with van der Waals surface area (Å²) in [4.78, 5) is 14.7. The van der Waals surface area contributed by atoms with Crippen molar-refractivity contribution in [2.45, 2.75) is 31.9 Å². The number of ether oxygens (including phenoxy) is 1. The molecule has 0 radical (unpaired) electrons. The number of likely N-dealkylation sites (tertiary alicyclic amines) is 1. The first-order chi connectivity index (χ1) is 9.67. The predicted molar refractivity (Wildman–Crippen MR) is 94.9 cm³/mol. The van der Waals surface area contributed by atoms with Gasteiger partial charge in [-0.2, -0.15) is 0 Å². The van der Waals surface area contributed by atoms with Crippen molar-refractivity contribution in [3.8, 4) is 0 Å². The Hall–Kier alpha value is -0.170. The van der Waals surface area contributed by atoms with Crippen LogP contribution in [0.25, 0.3) is 0 Å². The third-order valence-corrected chi connectivity index (χ3v) is 5.39. The Bertz CT molecular complexity index is 480. The molecule has 7 heteroatoms. The fourth-order valence-electron chi connectivity index (χ4n) is 3.05. The minimum Gasteiger partial charge on any atom is -0.372 e. The summed E-state index contributed by atoms with van der Waals surface area (Å²) >= 11 is 1.56. The van der Waals surface area contributed by atoms with Crippen LogP contribution in [-0.2, 0) is 11.3 Å². The highest BCUT2D eigenvalue weighted by Gasteiger charge is 2.36. The van der Waals surface area contributed by atoms with Crippen molar-refractivity contribution in [2.24, 2.45) is 0 Å². The van der Waals surface area contributed by atoms with E-state index in [0.29, 0.717) is 0 Å². The van der Waals surface area contributed by atoms with E-state index >= 15 is 0 Å². The van der Waals surface area contributed by atoms with E-state index in [9.17, 15) is 4.79 Å². The van der Waals surface area contributed by atoms with E-state index in [0.717, 1.165) is 57.0 Å². The minimum atomic E-state index is 0. The van der Waals surface area contributed by atoms with Crippen molar-refractivity contribution in [3.05, 3.63) is 21.9 Å². The number of carbonyl (C=O) groups excluding carboxylic acids is 1. The number of hydrogen-bond donors (Lipinski definition) is 1. The molecule has 1 aromatic heterocycles. The van der Waals surface area contributed by atoms with Crippen LogP contribution in [0.5, 0.6) is 0 Å². The number of hydrogen-bond acceptors (Lipinski definition) is 5. The van der Waals surface area contributed by atoms with Gasteiger partial charge in [0.25, 0.3) is 0 Å². The second-order valence-electron chi connectivity index (χ2n) is 5.86. The number of piperidine rings is 1. The van der Waals surface area contributed by atoms with E-state index in [1.165, 1.54) is 5.56 Å². The Morgan fingerprint density at radius 1 is 1.41 bits per heavy atom. The topological polar surface area (TPSA) is 41.6 Å². The third-order valence-electron chi connectivity index (χ3n) is 4.31. The Morgan fingerprint density at radius 3 is 2.68 bits per heavy atom. The molecule has 0 atom stereocenters. The van der Waals surface area contributed by atoms with Gasteiger partial charge >= 0.3 is 0 Å². The third kappa shape index (κ3) is 4.66. The molecule has 0 unspecified atom stereocenters. The van der Waals surface area contributed by atoms with Crippen LogP contribution in [0.3, 0.4) is 0 Å². The van der Waals surface area contributed by atoms with Gasteiger partial charge in [0.05, 0.1) is 17.1 Å². The molecular formula is C15H24Cl2N2O2S. The summed E-state index contributed by atoms with van der Waals surface area (Å²) in [6.07, 6.45) is 2.20. The highest BCUT2D eigenvalue weighted by Crippen LogP contribution is 2.28. The summed E-state index contributed by atoms with van der Waals surface area (Å²) in [6.45, 7) is 7.55. The van der Waals surface area contributed by atoms with E-state index in [2.05, 4.69) is 15.6 Å². The molecule has 3 rings (SSSR count). The standard InChI is InChI=1S/C15H22N2O2S.2ClH/c1-12(18)14-8-13(10-20-14)9-17-5-2-15(3-6-17)11-16-4-7-19-15;;/h8,10,16H,2-7,9,11H2,1H3;2*1H. The molecule has 22 heavy (non-hydrogen) atoms. The number of carbonyl (C=O) groups is 1. The molecule has 1 N–H and O–H groups in total. The van der Waals surface area contributed by atoms with Crippen molar-refractivity contribution in [3.63, 3.8) is 0 Å². The maximum atomic E-state index is 11.3. The number of nitrogens with zero attached hydrogens (tertiary/aromatic N) is 1. The van der Waals surface area contributed by atoms with Gasteiger partial charge in [-0.25, -0.2) is 0 Å². The number of rotatable bonds is 3. The van der Waals surface area contributed by atoms with Crippen molar-refractivity contribution in [2.75, 3.05) is 32.8 Å². The molecule has 1 aromatic rings. The second kappa shape index (κ2) is 8.62. The van der Waals surface area contributed by atoms with E-state index in [4.69, 9.17) is 4.74 Å². The number of morpholine rings is 1. The zero-order valence-electron chi connectivity index (χ0n) is 12.8. The van der Waals surface area contributed by atoms with Crippen molar-refractivity contribution < 1.29 is 9.53 Å². The van der Waals surface area contributed by atoms with Crippen LogP contribution in [0.2, 0.25) is 0 Å². The molecule has 126 valence electrons. The largest absolute Gasteiger partial charge is 0.372 e. The average molecular weight is 367 g/mol. The van der Waals surface area contributed by atoms with Crippen LogP contribution in [-0.4, -0.2) is 49.1 Å². The van der Waals surface area contributed by atoms with Crippen molar-refractivity contribution >= 4 is 41.9 Å². The van der Waals surface area contributed by atoms with E-state index in [-0.39, 0.29) is 36.2 Å². The lowest BCUT2D eigenvalue weighted by atomic mass is 9.90. The zero-order valence-corrected chi connectivity index (χ0v) is 15.2. The monoisotopic (exact) mass is 366 g/mol. The van der Waals surface area contributed by atoms with Gasteiger partial charge in [-0.15, -0.1) is 36.2 Å². The summed E-state index contributed by atoms with van der Waals surface area (Å²) in [5.74, 6) is 0.167. The first-order valence-electron chi connectivity index (χ1n) is 7.32. The van der Waals surface area contributed by atoms with Gasteiger partial charge in [0, 0.05) is 32.7 Å². The Labute approximate surface area is 148 Å². The number of nitrogens with one attached hydrogen (secondary N) is 1. The fraction of sp³-hybridized carbons (Fsp3) is 0.667. The van der Waals surface area contributed by atoms with Gasteiger partial charge in [0.2, 0.25) is 0 Å². The molecule has 0 bridgehead atoms. The van der Waals surface area contributed by atoms with Crippen LogP contribution in [0.4, 0.5) is 0 Å². The molecule has 2 aliphatic heterocycles. The number of Topliss-reactive ketones (excluding diaryl/α,β-unsaturated/α-hetero) is 1. The quantitative estimate of drug-likeness (QED) is 0.835. The van der Waals surface area contributed by atoms with Crippen LogP contribution >= 0.6 is 36.2 Å². The molecule has 3 heterocycles. The van der Waals surface area contributed by atoms with Crippen LogP contribution in [0.15, 0.2) is 11.4 Å². The lowest BCUT2D eigenvalue weighted by Gasteiger charge is -2.44. The first-order valence-corrected chi connectivity index (χ1v) is 8.20. The molecule has 0 amide bonds. The molecule has 2 aliphatic rings. The molecule has 2 fully saturated rings. The molecule has 0 aliphatic carbocycles. The van der Waals surface area contributed by atoms with Crippen LogP contribution < -0.4 is 5.32 Å². The first kappa shape index (κ1) is 19.9. The van der Waals surface area contributed by atoms with E-state index < -0.39 is 0 Å². The summed E-state index contributed by atoms with van der Waals surface area (Å²) in [7, 11) is 0. The molecule has 0 saturated carbocycles. The van der Waals surface area contributed by atoms with Gasteiger partial charge in [0.15, 0.2) is 5.78 Å². The number of halogens is 2. The second-order valence-corrected chi connectivity index (χ2v) is 6.77. The maximum Gasteiger partial charge on any atom is 0.169 e. The van der Waals surface area contributed by atoms with Gasteiger partial charge < -0.3 is 10.1 Å². The molecule has 1 spiro atoms. The average Bonchev–Trinajstić information content (AvgIpc) is 2.92.